The number of nitrogens with zero attached hydrogens (tertiary/aromatic N) is 2. The van der Waals surface area contributed by atoms with Gasteiger partial charge in [-0.15, -0.1) is 0 Å². The van der Waals surface area contributed by atoms with Crippen molar-refractivity contribution >= 4 is 52.0 Å². The number of carboxylic acid groups (broad SMARTS) is 1. The molecule has 12 heteroatoms. The number of benzene rings is 2. The van der Waals surface area contributed by atoms with Gasteiger partial charge in [0.05, 0.1) is 35.2 Å². The molecule has 3 N–H and O–H groups in total. The van der Waals surface area contributed by atoms with Gasteiger partial charge in [-0.3, -0.25) is 9.59 Å². The first-order chi connectivity index (χ1) is 20.2. The van der Waals surface area contributed by atoms with E-state index in [0.29, 0.717) is 38.9 Å². The number of carbonyl (C=O) groups is 3. The van der Waals surface area contributed by atoms with Crippen LogP contribution in [0.4, 0.5) is 0 Å². The van der Waals surface area contributed by atoms with Crippen molar-refractivity contribution in [3.05, 3.63) is 98.8 Å². The molecule has 0 bridgehead atoms. The molecule has 5 rings (SSSR count). The van der Waals surface area contributed by atoms with E-state index >= 15 is 0 Å². The lowest BCUT2D eigenvalue weighted by atomic mass is 9.76. The lowest BCUT2D eigenvalue weighted by molar-refractivity contribution is -0.124. The van der Waals surface area contributed by atoms with Gasteiger partial charge in [-0.2, -0.15) is 0 Å². The molecule has 1 unspecified atom stereocenters. The summed E-state index contributed by atoms with van der Waals surface area (Å²) in [7, 11) is -1.31. The molecule has 0 saturated heterocycles. The summed E-state index contributed by atoms with van der Waals surface area (Å²) < 4.78 is 15.4. The second-order valence-corrected chi connectivity index (χ2v) is 12.4. The van der Waals surface area contributed by atoms with Gasteiger partial charge in [-0.1, -0.05) is 66.4 Å². The van der Waals surface area contributed by atoms with Crippen LogP contribution in [0, 0.1) is 0 Å². The number of fused-ring (bicyclic) bond motifs is 1. The number of hydrogen-bond donors (Lipinski definition) is 3. The predicted octanol–water partition coefficient (Wildman–Crippen LogP) is 4.88. The van der Waals surface area contributed by atoms with E-state index in [0.717, 1.165) is 19.3 Å². The van der Waals surface area contributed by atoms with Gasteiger partial charge in [-0.05, 0) is 54.3 Å². The fraction of sp³-hybridized carbons (Fsp3) is 0.333. The first-order valence-electron chi connectivity index (χ1n) is 13.6. The second-order valence-electron chi connectivity index (χ2n) is 10.5. The van der Waals surface area contributed by atoms with Crippen LogP contribution in [0.15, 0.2) is 60.7 Å². The molecule has 1 aromatic heterocycles. The van der Waals surface area contributed by atoms with Crippen LogP contribution in [0.3, 0.4) is 0 Å². The Labute approximate surface area is 256 Å². The van der Waals surface area contributed by atoms with Crippen molar-refractivity contribution in [3.8, 4) is 0 Å². The van der Waals surface area contributed by atoms with Crippen molar-refractivity contribution < 1.29 is 23.7 Å². The number of nitrogens with one attached hydrogen (secondary N) is 2. The Morgan fingerprint density at radius 1 is 1.05 bits per heavy atom. The van der Waals surface area contributed by atoms with Gasteiger partial charge in [0, 0.05) is 33.9 Å². The molecule has 9 nitrogen and oxygen atoms in total. The third kappa shape index (κ3) is 6.22. The molecule has 0 spiro atoms. The predicted molar refractivity (Wildman–Crippen MR) is 161 cm³/mol. The Morgan fingerprint density at radius 2 is 1.81 bits per heavy atom. The Morgan fingerprint density at radius 3 is 2.55 bits per heavy atom. The molecule has 1 aliphatic carbocycles. The molecule has 2 amide bonds. The molecule has 5 atom stereocenters. The van der Waals surface area contributed by atoms with Crippen LogP contribution in [-0.4, -0.2) is 55.3 Å². The zero-order valence-corrected chi connectivity index (χ0v) is 25.1. The van der Waals surface area contributed by atoms with Crippen LogP contribution in [0.5, 0.6) is 0 Å². The van der Waals surface area contributed by atoms with Crippen molar-refractivity contribution in [1.82, 2.24) is 19.9 Å². The molecule has 2 aliphatic rings. The van der Waals surface area contributed by atoms with E-state index in [-0.39, 0.29) is 36.1 Å². The van der Waals surface area contributed by atoms with E-state index in [1.165, 1.54) is 6.07 Å². The van der Waals surface area contributed by atoms with Gasteiger partial charge in [0.15, 0.2) is 0 Å². The molecular weight excluding hydrogens is 599 g/mol. The van der Waals surface area contributed by atoms with Gasteiger partial charge < -0.3 is 15.3 Å². The molecule has 2 heterocycles. The van der Waals surface area contributed by atoms with Crippen molar-refractivity contribution in [3.63, 3.8) is 0 Å². The third-order valence-electron chi connectivity index (χ3n) is 7.81. The number of carbonyl (C=O) groups excluding carboxylic acids is 2. The molecule has 1 fully saturated rings. The smallest absolute Gasteiger partial charge is 0.354 e. The summed E-state index contributed by atoms with van der Waals surface area (Å²) in [5.74, 6) is -2.64. The minimum atomic E-state index is -1.31. The molecule has 1 aliphatic heterocycles. The topological polar surface area (TPSA) is 129 Å². The van der Waals surface area contributed by atoms with E-state index in [9.17, 15) is 23.7 Å². The summed E-state index contributed by atoms with van der Waals surface area (Å²) in [4.78, 5) is 45.8. The minimum Gasteiger partial charge on any atom is -0.477 e. The van der Waals surface area contributed by atoms with Crippen LogP contribution in [-0.2, 0) is 22.3 Å². The fourth-order valence-electron chi connectivity index (χ4n) is 6.05. The zero-order valence-electron chi connectivity index (χ0n) is 22.8. The largest absolute Gasteiger partial charge is 0.477 e. The van der Waals surface area contributed by atoms with Gasteiger partial charge in [-0.25, -0.2) is 18.7 Å². The third-order valence-corrected chi connectivity index (χ3v) is 9.01. The number of carboxylic acids is 1. The van der Waals surface area contributed by atoms with Gasteiger partial charge >= 0.3 is 5.97 Å². The molecule has 220 valence electrons. The highest BCUT2D eigenvalue weighted by molar-refractivity contribution is 7.82. The summed E-state index contributed by atoms with van der Waals surface area (Å²) in [5, 5.41) is 13.0. The second kappa shape index (κ2) is 12.9. The van der Waals surface area contributed by atoms with E-state index in [1.807, 2.05) is 0 Å². The SMILES string of the molecule is CS(=O)N[C@H]1CCCC[C@@H]1N1C(=O)c2ccccc2[C@@H](C(=O)NCc2cccc(C(=O)O)n2)[C@@H]1c1ccc(Cl)cc1Cl. The van der Waals surface area contributed by atoms with Crippen molar-refractivity contribution in [1.29, 1.82) is 0 Å². The highest BCUT2D eigenvalue weighted by Gasteiger charge is 2.49. The van der Waals surface area contributed by atoms with Crippen molar-refractivity contribution in [2.24, 2.45) is 0 Å². The fourth-order valence-corrected chi connectivity index (χ4v) is 7.27. The number of halogens is 2. The van der Waals surface area contributed by atoms with Gasteiger partial charge in [0.25, 0.3) is 5.91 Å². The Kier molecular flexibility index (Phi) is 9.27. The monoisotopic (exact) mass is 628 g/mol. The number of hydrogen-bond acceptors (Lipinski definition) is 5. The molecule has 0 radical (unpaired) electrons. The summed E-state index contributed by atoms with van der Waals surface area (Å²) in [6.45, 7) is -0.0178. The number of aromatic nitrogens is 1. The summed E-state index contributed by atoms with van der Waals surface area (Å²) >= 11 is 13.0. The lowest BCUT2D eigenvalue weighted by Crippen LogP contribution is -2.58. The van der Waals surface area contributed by atoms with Crippen LogP contribution in [0.2, 0.25) is 10.0 Å². The molecule has 2 aromatic carbocycles. The first kappa shape index (κ1) is 30.2. The maximum absolute atomic E-state index is 14.3. The van der Waals surface area contributed by atoms with Crippen LogP contribution < -0.4 is 10.0 Å². The normalized spacial score (nSPS) is 22.7. The zero-order chi connectivity index (χ0) is 30.0. The van der Waals surface area contributed by atoms with E-state index in [4.69, 9.17) is 23.2 Å². The minimum absolute atomic E-state index is 0.0178. The Hall–Kier alpha value is -3.31. The molecule has 42 heavy (non-hydrogen) atoms. The van der Waals surface area contributed by atoms with Crippen LogP contribution in [0.25, 0.3) is 0 Å². The highest BCUT2D eigenvalue weighted by Crippen LogP contribution is 2.47. The summed E-state index contributed by atoms with van der Waals surface area (Å²) in [5.41, 5.74) is 1.78. The van der Waals surface area contributed by atoms with Gasteiger partial charge in [0.2, 0.25) is 5.91 Å². The average molecular weight is 630 g/mol. The van der Waals surface area contributed by atoms with Gasteiger partial charge in [0.1, 0.15) is 5.69 Å². The van der Waals surface area contributed by atoms with E-state index < -0.39 is 28.9 Å². The maximum atomic E-state index is 14.3. The van der Waals surface area contributed by atoms with Crippen molar-refractivity contribution in [2.45, 2.75) is 56.3 Å². The summed E-state index contributed by atoms with van der Waals surface area (Å²) in [6.07, 6.45) is 4.73. The van der Waals surface area contributed by atoms with E-state index in [2.05, 4.69) is 15.0 Å². The first-order valence-corrected chi connectivity index (χ1v) is 15.9. The summed E-state index contributed by atoms with van der Waals surface area (Å²) in [6, 6.07) is 15.2. The Balaban J connectivity index is 1.61. The number of pyridine rings is 1. The number of rotatable bonds is 8. The number of amides is 2. The lowest BCUT2D eigenvalue weighted by Gasteiger charge is -2.49. The molecule has 1 saturated carbocycles. The number of aromatic carboxylic acids is 1. The van der Waals surface area contributed by atoms with Crippen LogP contribution in [0.1, 0.15) is 75.3 Å². The quantitative estimate of drug-likeness (QED) is 0.326. The maximum Gasteiger partial charge on any atom is 0.354 e. The van der Waals surface area contributed by atoms with Crippen LogP contribution >= 0.6 is 23.2 Å². The van der Waals surface area contributed by atoms with E-state index in [1.54, 1.807) is 65.8 Å². The Bertz CT molecular complexity index is 1550. The molecular formula is C30H30Cl2N4O5S. The van der Waals surface area contributed by atoms with Crippen molar-refractivity contribution in [2.75, 3.05) is 6.26 Å². The standard InChI is InChI=1S/C30H30Cl2N4O5S/c1-42(41)35-23-10-4-5-12-25(23)36-27(21-14-13-17(31)15-22(21)32)26(19-8-2-3-9-20(19)29(36)38)28(37)33-16-18-7-6-11-24(34-18)30(39)40/h2-3,6-9,11,13-15,23,25-27,35H,4-5,10,12,16H2,1H3,(H,33,37)(H,39,40)/t23-,25-,26+,27-,42?/m0/s1. The molecule has 3 aromatic rings. The average Bonchev–Trinajstić information content (AvgIpc) is 2.96. The highest BCUT2D eigenvalue weighted by atomic mass is 35.5.